The first-order chi connectivity index (χ1) is 10.8. The van der Waals surface area contributed by atoms with Crippen molar-refractivity contribution >= 4 is 0 Å². The molecule has 22 heavy (non-hydrogen) atoms. The highest BCUT2D eigenvalue weighted by atomic mass is 15.4. The Morgan fingerprint density at radius 1 is 0.864 bits per heavy atom. The summed E-state index contributed by atoms with van der Waals surface area (Å²) in [6, 6.07) is 0. The molecular formula is C18H32N4. The molecule has 2 heterocycles. The zero-order valence-electron chi connectivity index (χ0n) is 14.5. The zero-order chi connectivity index (χ0) is 15.8. The lowest BCUT2D eigenvalue weighted by molar-refractivity contribution is 0.138. The highest BCUT2D eigenvalue weighted by molar-refractivity contribution is 5.08. The van der Waals surface area contributed by atoms with Gasteiger partial charge in [0, 0.05) is 44.4 Å². The molecule has 124 valence electrons. The van der Waals surface area contributed by atoms with Crippen molar-refractivity contribution in [2.45, 2.75) is 72.0 Å². The quantitative estimate of drug-likeness (QED) is 0.641. The van der Waals surface area contributed by atoms with Crippen LogP contribution in [0.5, 0.6) is 0 Å². The smallest absolute Gasteiger partial charge is 0.161 e. The Labute approximate surface area is 135 Å². The van der Waals surface area contributed by atoms with Gasteiger partial charge in [0.25, 0.3) is 0 Å². The maximum absolute atomic E-state index is 4.71. The van der Waals surface area contributed by atoms with Crippen molar-refractivity contribution in [3.05, 3.63) is 30.6 Å². The predicted octanol–water partition coefficient (Wildman–Crippen LogP) is 4.37. The van der Waals surface area contributed by atoms with Gasteiger partial charge in [-0.15, -0.1) is 0 Å². The number of aryl methyl sites for hydroxylation is 1. The molecule has 0 saturated heterocycles. The Hall–Kier alpha value is -1.45. The average molecular weight is 304 g/mol. The van der Waals surface area contributed by atoms with Crippen molar-refractivity contribution in [3.8, 4) is 0 Å². The van der Waals surface area contributed by atoms with E-state index >= 15 is 0 Å². The number of nitrogens with zero attached hydrogens (tertiary/aromatic N) is 4. The van der Waals surface area contributed by atoms with Gasteiger partial charge >= 0.3 is 0 Å². The summed E-state index contributed by atoms with van der Waals surface area (Å²) in [5, 5.41) is 0. The first-order valence-corrected chi connectivity index (χ1v) is 9.02. The third kappa shape index (κ3) is 4.05. The van der Waals surface area contributed by atoms with Crippen LogP contribution in [0.4, 0.5) is 0 Å². The van der Waals surface area contributed by atoms with E-state index in [1.807, 2.05) is 6.20 Å². The fraction of sp³-hybridized carbons (Fsp3) is 0.722. The van der Waals surface area contributed by atoms with Crippen LogP contribution in [0.3, 0.4) is 0 Å². The summed E-state index contributed by atoms with van der Waals surface area (Å²) >= 11 is 0. The molecule has 0 atom stereocenters. The Kier molecular flexibility index (Phi) is 6.81. The van der Waals surface area contributed by atoms with Crippen molar-refractivity contribution in [2.24, 2.45) is 0 Å². The third-order valence-corrected chi connectivity index (χ3v) is 4.35. The van der Waals surface area contributed by atoms with Crippen LogP contribution in [-0.4, -0.2) is 32.4 Å². The lowest BCUT2D eigenvalue weighted by Crippen LogP contribution is -2.34. The van der Waals surface area contributed by atoms with E-state index in [0.717, 1.165) is 19.6 Å². The van der Waals surface area contributed by atoms with Crippen molar-refractivity contribution < 1.29 is 0 Å². The molecule has 0 aliphatic carbocycles. The molecule has 2 rings (SSSR count). The Morgan fingerprint density at radius 2 is 1.41 bits per heavy atom. The molecule has 1 aromatic heterocycles. The molecular weight excluding hydrogens is 272 g/mol. The van der Waals surface area contributed by atoms with Crippen LogP contribution in [-0.2, 0) is 6.54 Å². The van der Waals surface area contributed by atoms with Gasteiger partial charge in [-0.05, 0) is 19.3 Å². The molecule has 0 unspecified atom stereocenters. The van der Waals surface area contributed by atoms with Gasteiger partial charge in [0.2, 0.25) is 0 Å². The largest absolute Gasteiger partial charge is 0.350 e. The Morgan fingerprint density at radius 3 is 1.95 bits per heavy atom. The van der Waals surface area contributed by atoms with Gasteiger partial charge in [-0.2, -0.15) is 0 Å². The van der Waals surface area contributed by atoms with Crippen LogP contribution in [0.25, 0.3) is 0 Å². The molecule has 0 amide bonds. The second kappa shape index (κ2) is 8.86. The first-order valence-electron chi connectivity index (χ1n) is 9.02. The summed E-state index contributed by atoms with van der Waals surface area (Å²) in [5.41, 5.74) is 0. The topological polar surface area (TPSA) is 24.3 Å². The van der Waals surface area contributed by atoms with Crippen LogP contribution in [0.15, 0.2) is 24.8 Å². The molecule has 0 bridgehead atoms. The number of hydrogen-bond acceptors (Lipinski definition) is 3. The fourth-order valence-electron chi connectivity index (χ4n) is 2.97. The van der Waals surface area contributed by atoms with Gasteiger partial charge < -0.3 is 14.4 Å². The number of unbranched alkanes of at least 4 members (excludes halogenated alkanes) is 3. The summed E-state index contributed by atoms with van der Waals surface area (Å²) in [7, 11) is 0. The lowest BCUT2D eigenvalue weighted by Gasteiger charge is -2.32. The van der Waals surface area contributed by atoms with E-state index in [0.29, 0.717) is 0 Å². The summed E-state index contributed by atoms with van der Waals surface area (Å²) in [6.07, 6.45) is 16.3. The molecule has 1 aliphatic heterocycles. The minimum Gasteiger partial charge on any atom is -0.350 e. The molecule has 0 saturated carbocycles. The van der Waals surface area contributed by atoms with Gasteiger partial charge in [-0.1, -0.05) is 40.0 Å². The average Bonchev–Trinajstić information content (AvgIpc) is 3.14. The van der Waals surface area contributed by atoms with Gasteiger partial charge in [-0.3, -0.25) is 0 Å². The third-order valence-electron chi connectivity index (χ3n) is 4.35. The van der Waals surface area contributed by atoms with Crippen molar-refractivity contribution in [2.75, 3.05) is 13.1 Å². The van der Waals surface area contributed by atoms with E-state index in [2.05, 4.69) is 53.7 Å². The second-order valence-corrected chi connectivity index (χ2v) is 6.19. The molecule has 4 heteroatoms. The summed E-state index contributed by atoms with van der Waals surface area (Å²) < 4.78 is 2.35. The van der Waals surface area contributed by atoms with E-state index in [9.17, 15) is 0 Å². The highest BCUT2D eigenvalue weighted by Crippen LogP contribution is 2.30. The van der Waals surface area contributed by atoms with Crippen LogP contribution < -0.4 is 0 Å². The van der Waals surface area contributed by atoms with Crippen LogP contribution in [0.2, 0.25) is 0 Å². The fourth-order valence-corrected chi connectivity index (χ4v) is 2.97. The van der Waals surface area contributed by atoms with Crippen LogP contribution in [0.1, 0.15) is 71.3 Å². The number of imidazole rings is 1. The molecule has 0 aromatic carbocycles. The Bertz CT molecular complexity index is 434. The highest BCUT2D eigenvalue weighted by Gasteiger charge is 2.30. The minimum absolute atomic E-state index is 0.282. The molecule has 1 aromatic rings. The van der Waals surface area contributed by atoms with Crippen molar-refractivity contribution in [3.63, 3.8) is 0 Å². The number of rotatable bonds is 10. The molecule has 0 spiro atoms. The predicted molar refractivity (Wildman–Crippen MR) is 92.2 cm³/mol. The standard InChI is InChI=1S/C18H32N4/c1-4-7-11-20-14-10-19-17(20)18-21(12-8-5-2)15-16-22(18)13-9-6-3/h10,14-16,18H,4-9,11-13H2,1-3H3. The van der Waals surface area contributed by atoms with E-state index in [1.165, 1.54) is 44.3 Å². The molecule has 1 aliphatic rings. The minimum atomic E-state index is 0.282. The SMILES string of the molecule is CCCCN1C=CN(CCCC)C1c1nccn1CCCC. The maximum Gasteiger partial charge on any atom is 0.161 e. The van der Waals surface area contributed by atoms with E-state index < -0.39 is 0 Å². The van der Waals surface area contributed by atoms with E-state index in [1.54, 1.807) is 0 Å². The first kappa shape index (κ1) is 16.9. The van der Waals surface area contributed by atoms with Crippen molar-refractivity contribution in [1.29, 1.82) is 0 Å². The summed E-state index contributed by atoms with van der Waals surface area (Å²) in [4.78, 5) is 9.63. The maximum atomic E-state index is 4.71. The second-order valence-electron chi connectivity index (χ2n) is 6.19. The Balaban J connectivity index is 2.15. The van der Waals surface area contributed by atoms with Gasteiger partial charge in [0.05, 0.1) is 0 Å². The number of aromatic nitrogens is 2. The van der Waals surface area contributed by atoms with Crippen LogP contribution in [0, 0.1) is 0 Å². The lowest BCUT2D eigenvalue weighted by atomic mass is 10.2. The van der Waals surface area contributed by atoms with Gasteiger partial charge in [0.1, 0.15) is 0 Å². The van der Waals surface area contributed by atoms with Crippen molar-refractivity contribution in [1.82, 2.24) is 19.4 Å². The molecule has 0 radical (unpaired) electrons. The van der Waals surface area contributed by atoms with Crippen LogP contribution >= 0.6 is 0 Å². The van der Waals surface area contributed by atoms with E-state index in [4.69, 9.17) is 4.98 Å². The molecule has 0 N–H and O–H groups in total. The molecule has 4 nitrogen and oxygen atoms in total. The summed E-state index contributed by atoms with van der Waals surface area (Å²) in [6.45, 7) is 10.1. The summed E-state index contributed by atoms with van der Waals surface area (Å²) in [5.74, 6) is 1.20. The van der Waals surface area contributed by atoms with Gasteiger partial charge in [0.15, 0.2) is 12.0 Å². The zero-order valence-corrected chi connectivity index (χ0v) is 14.5. The molecule has 0 fully saturated rings. The van der Waals surface area contributed by atoms with E-state index in [-0.39, 0.29) is 6.17 Å². The number of hydrogen-bond donors (Lipinski definition) is 0. The van der Waals surface area contributed by atoms with Gasteiger partial charge in [-0.25, -0.2) is 4.98 Å². The normalized spacial score (nSPS) is 15.2. The monoisotopic (exact) mass is 304 g/mol.